The van der Waals surface area contributed by atoms with Gasteiger partial charge in [0.1, 0.15) is 0 Å². The van der Waals surface area contributed by atoms with Gasteiger partial charge >= 0.3 is 0 Å². The second-order valence-electron chi connectivity index (χ2n) is 6.67. The molecule has 0 aliphatic carbocycles. The van der Waals surface area contributed by atoms with Gasteiger partial charge in [0, 0.05) is 12.1 Å². The minimum absolute atomic E-state index is 0.261. The monoisotopic (exact) mass is 307 g/mol. The first-order valence-electron chi connectivity index (χ1n) is 8.60. The Morgan fingerprint density at radius 1 is 0.913 bits per heavy atom. The van der Waals surface area contributed by atoms with Crippen LogP contribution in [0, 0.1) is 0 Å². The van der Waals surface area contributed by atoms with Crippen molar-refractivity contribution in [3.63, 3.8) is 0 Å². The maximum Gasteiger partial charge on any atom is 0.227 e. The van der Waals surface area contributed by atoms with Crippen molar-refractivity contribution in [2.75, 3.05) is 0 Å². The normalized spacial score (nSPS) is 21.2. The van der Waals surface area contributed by atoms with Crippen molar-refractivity contribution in [1.29, 1.82) is 0 Å². The van der Waals surface area contributed by atoms with Crippen molar-refractivity contribution in [1.82, 2.24) is 4.90 Å². The third-order valence-electron chi connectivity index (χ3n) is 4.90. The summed E-state index contributed by atoms with van der Waals surface area (Å²) in [5.74, 6) is 0.261. The quantitative estimate of drug-likeness (QED) is 0.806. The molecule has 23 heavy (non-hydrogen) atoms. The van der Waals surface area contributed by atoms with E-state index in [0.717, 1.165) is 18.4 Å². The molecule has 2 unspecified atom stereocenters. The summed E-state index contributed by atoms with van der Waals surface area (Å²) < 4.78 is 0. The second-order valence-corrected chi connectivity index (χ2v) is 6.67. The Hall–Kier alpha value is -2.09. The number of nitrogens with zero attached hydrogens (tertiary/aromatic N) is 1. The van der Waals surface area contributed by atoms with E-state index in [9.17, 15) is 4.79 Å². The Balaban J connectivity index is 1.69. The van der Waals surface area contributed by atoms with Gasteiger partial charge in [0.05, 0.1) is 6.42 Å². The van der Waals surface area contributed by atoms with Gasteiger partial charge < -0.3 is 4.90 Å². The van der Waals surface area contributed by atoms with Crippen molar-refractivity contribution in [2.45, 2.75) is 51.6 Å². The number of rotatable bonds is 3. The minimum atomic E-state index is 0.261. The van der Waals surface area contributed by atoms with Crippen LogP contribution in [0.1, 0.15) is 38.7 Å². The van der Waals surface area contributed by atoms with Crippen LogP contribution in [0.2, 0.25) is 0 Å². The predicted molar refractivity (Wildman–Crippen MR) is 95.2 cm³/mol. The van der Waals surface area contributed by atoms with E-state index in [-0.39, 0.29) is 5.91 Å². The number of hydrogen-bond acceptors (Lipinski definition) is 1. The molecule has 1 saturated heterocycles. The number of amides is 1. The van der Waals surface area contributed by atoms with Crippen LogP contribution in [-0.4, -0.2) is 22.9 Å². The Labute approximate surface area is 139 Å². The number of likely N-dealkylation sites (tertiary alicyclic amines) is 1. The number of carbonyl (C=O) groups is 1. The third-order valence-corrected chi connectivity index (χ3v) is 4.90. The third kappa shape index (κ3) is 3.64. The molecule has 2 nitrogen and oxygen atoms in total. The topological polar surface area (TPSA) is 20.3 Å². The van der Waals surface area contributed by atoms with Gasteiger partial charge in [0.25, 0.3) is 0 Å². The highest BCUT2D eigenvalue weighted by atomic mass is 16.2. The van der Waals surface area contributed by atoms with Gasteiger partial charge in [0.15, 0.2) is 0 Å². The van der Waals surface area contributed by atoms with Crippen molar-refractivity contribution in [3.8, 4) is 11.1 Å². The maximum absolute atomic E-state index is 12.7. The van der Waals surface area contributed by atoms with Gasteiger partial charge in [-0.05, 0) is 49.8 Å². The summed E-state index contributed by atoms with van der Waals surface area (Å²) in [7, 11) is 0. The molecule has 0 aromatic heterocycles. The van der Waals surface area contributed by atoms with E-state index in [1.165, 1.54) is 17.5 Å². The molecule has 120 valence electrons. The van der Waals surface area contributed by atoms with Crippen LogP contribution in [0.3, 0.4) is 0 Å². The number of carbonyl (C=O) groups excluding carboxylic acids is 1. The van der Waals surface area contributed by atoms with Gasteiger partial charge in [-0.25, -0.2) is 0 Å². The lowest BCUT2D eigenvalue weighted by Gasteiger charge is -2.39. The van der Waals surface area contributed by atoms with Gasteiger partial charge in [-0.3, -0.25) is 4.79 Å². The Morgan fingerprint density at radius 2 is 1.48 bits per heavy atom. The SMILES string of the molecule is CC1CCCC(C)N1C(=O)Cc1ccc(-c2ccccc2)cc1. The first-order valence-corrected chi connectivity index (χ1v) is 8.60. The Kier molecular flexibility index (Phi) is 4.80. The lowest BCUT2D eigenvalue weighted by atomic mass is 9.96. The average Bonchev–Trinajstić information content (AvgIpc) is 2.56. The van der Waals surface area contributed by atoms with Crippen molar-refractivity contribution in [2.24, 2.45) is 0 Å². The van der Waals surface area contributed by atoms with E-state index in [1.54, 1.807) is 0 Å². The molecule has 0 radical (unpaired) electrons. The van der Waals surface area contributed by atoms with Gasteiger partial charge in [-0.1, -0.05) is 54.6 Å². The van der Waals surface area contributed by atoms with Crippen LogP contribution in [-0.2, 0) is 11.2 Å². The zero-order chi connectivity index (χ0) is 16.2. The van der Waals surface area contributed by atoms with Crippen LogP contribution in [0.5, 0.6) is 0 Å². The molecule has 1 amide bonds. The highest BCUT2D eigenvalue weighted by Crippen LogP contribution is 2.24. The molecule has 2 heteroatoms. The van der Waals surface area contributed by atoms with Gasteiger partial charge in [-0.15, -0.1) is 0 Å². The van der Waals surface area contributed by atoms with E-state index in [4.69, 9.17) is 0 Å². The number of piperidine rings is 1. The van der Waals surface area contributed by atoms with Crippen LogP contribution in [0.4, 0.5) is 0 Å². The molecule has 2 aromatic carbocycles. The molecule has 1 aliphatic rings. The van der Waals surface area contributed by atoms with E-state index in [2.05, 4.69) is 55.1 Å². The minimum Gasteiger partial charge on any atom is -0.337 e. The van der Waals surface area contributed by atoms with Crippen LogP contribution >= 0.6 is 0 Å². The van der Waals surface area contributed by atoms with E-state index >= 15 is 0 Å². The van der Waals surface area contributed by atoms with E-state index in [0.29, 0.717) is 18.5 Å². The lowest BCUT2D eigenvalue weighted by Crippen LogP contribution is -2.48. The highest BCUT2D eigenvalue weighted by molar-refractivity contribution is 5.79. The van der Waals surface area contributed by atoms with Gasteiger partial charge in [-0.2, -0.15) is 0 Å². The van der Waals surface area contributed by atoms with E-state index in [1.807, 2.05) is 18.2 Å². The maximum atomic E-state index is 12.7. The summed E-state index contributed by atoms with van der Waals surface area (Å²) in [4.78, 5) is 14.8. The Morgan fingerprint density at radius 3 is 2.09 bits per heavy atom. The summed E-state index contributed by atoms with van der Waals surface area (Å²) >= 11 is 0. The van der Waals surface area contributed by atoms with Crippen molar-refractivity contribution >= 4 is 5.91 Å². The molecule has 0 bridgehead atoms. The fraction of sp³-hybridized carbons (Fsp3) is 0.381. The van der Waals surface area contributed by atoms with Gasteiger partial charge in [0.2, 0.25) is 5.91 Å². The fourth-order valence-corrected chi connectivity index (χ4v) is 3.62. The first kappa shape index (κ1) is 15.8. The van der Waals surface area contributed by atoms with Crippen LogP contribution in [0.25, 0.3) is 11.1 Å². The molecule has 2 aromatic rings. The molecule has 1 aliphatic heterocycles. The standard InChI is InChI=1S/C21H25NO/c1-16-7-6-8-17(2)22(16)21(23)15-18-11-13-20(14-12-18)19-9-4-3-5-10-19/h3-5,9-14,16-17H,6-8,15H2,1-2H3. The molecule has 0 N–H and O–H groups in total. The molecule has 3 rings (SSSR count). The molecule has 2 atom stereocenters. The smallest absolute Gasteiger partial charge is 0.227 e. The molecule has 1 heterocycles. The fourth-order valence-electron chi connectivity index (χ4n) is 3.62. The summed E-state index contributed by atoms with van der Waals surface area (Å²) in [5, 5.41) is 0. The molecule has 0 saturated carbocycles. The zero-order valence-corrected chi connectivity index (χ0v) is 14.0. The van der Waals surface area contributed by atoms with E-state index < -0.39 is 0 Å². The summed E-state index contributed by atoms with van der Waals surface area (Å²) in [6.45, 7) is 4.35. The van der Waals surface area contributed by atoms with Crippen LogP contribution < -0.4 is 0 Å². The second kappa shape index (κ2) is 6.99. The van der Waals surface area contributed by atoms with Crippen molar-refractivity contribution in [3.05, 3.63) is 60.2 Å². The predicted octanol–water partition coefficient (Wildman–Crippen LogP) is 4.69. The summed E-state index contributed by atoms with van der Waals surface area (Å²) in [6, 6.07) is 19.5. The number of hydrogen-bond donors (Lipinski definition) is 0. The largest absolute Gasteiger partial charge is 0.337 e. The number of benzene rings is 2. The highest BCUT2D eigenvalue weighted by Gasteiger charge is 2.28. The zero-order valence-electron chi connectivity index (χ0n) is 14.0. The molecule has 1 fully saturated rings. The lowest BCUT2D eigenvalue weighted by molar-refractivity contribution is -0.136. The molecule has 0 spiro atoms. The average molecular weight is 307 g/mol. The first-order chi connectivity index (χ1) is 11.1. The van der Waals surface area contributed by atoms with Crippen LogP contribution in [0.15, 0.2) is 54.6 Å². The summed E-state index contributed by atoms with van der Waals surface area (Å²) in [5.41, 5.74) is 3.50. The summed E-state index contributed by atoms with van der Waals surface area (Å²) in [6.07, 6.45) is 3.99. The molecular weight excluding hydrogens is 282 g/mol. The van der Waals surface area contributed by atoms with Crippen molar-refractivity contribution < 1.29 is 4.79 Å². The Bertz CT molecular complexity index is 637. The molecular formula is C21H25NO.